The minimum absolute atomic E-state index is 0.0363. The smallest absolute Gasteiger partial charge is 0.309 e. The molecule has 3 aromatic heterocycles. The number of fused-ring (bicyclic) bond motifs is 1. The van der Waals surface area contributed by atoms with Gasteiger partial charge in [-0.1, -0.05) is 6.07 Å². The molecule has 1 fully saturated rings. The monoisotopic (exact) mass is 426 g/mol. The maximum absolute atomic E-state index is 13.5. The summed E-state index contributed by atoms with van der Waals surface area (Å²) in [5, 5.41) is 7.25. The number of likely N-dealkylation sites (tertiary alicyclic amines) is 1. The van der Waals surface area contributed by atoms with Crippen molar-refractivity contribution in [2.45, 2.75) is 39.7 Å². The van der Waals surface area contributed by atoms with Crippen LogP contribution in [0.5, 0.6) is 0 Å². The van der Waals surface area contributed by atoms with Gasteiger partial charge in [0.05, 0.1) is 40.2 Å². The lowest BCUT2D eigenvalue weighted by Crippen LogP contribution is -2.40. The Bertz CT molecular complexity index is 1050. The first-order valence-electron chi connectivity index (χ1n) is 10.4. The molecule has 30 heavy (non-hydrogen) atoms. The van der Waals surface area contributed by atoms with Gasteiger partial charge in [-0.2, -0.15) is 5.10 Å². The van der Waals surface area contributed by atoms with Crippen LogP contribution in [0.1, 0.15) is 50.0 Å². The number of ether oxygens (including phenoxy) is 1. The second-order valence-electron chi connectivity index (χ2n) is 7.77. The third-order valence-electron chi connectivity index (χ3n) is 5.46. The van der Waals surface area contributed by atoms with E-state index in [9.17, 15) is 9.59 Å². The van der Waals surface area contributed by atoms with Crippen molar-refractivity contribution in [1.29, 1.82) is 0 Å². The molecular formula is C22H26N4O3S. The standard InChI is InChI=1S/C22H26N4O3S/c1-4-29-22(28)15-7-9-25(10-8-15)21(27)16-12-18(19-6-5-11-30-19)24-20-17(16)13-23-26(20)14(2)3/h5-6,11-15H,4,7-10H2,1-3H3. The van der Waals surface area contributed by atoms with E-state index in [0.717, 1.165) is 21.6 Å². The van der Waals surface area contributed by atoms with Crippen LogP contribution in [0.3, 0.4) is 0 Å². The maximum atomic E-state index is 13.5. The van der Waals surface area contributed by atoms with Gasteiger partial charge in [0.2, 0.25) is 0 Å². The molecule has 0 saturated carbocycles. The van der Waals surface area contributed by atoms with Gasteiger partial charge >= 0.3 is 5.97 Å². The van der Waals surface area contributed by atoms with E-state index in [4.69, 9.17) is 9.72 Å². The number of carbonyl (C=O) groups is 2. The molecular weight excluding hydrogens is 400 g/mol. The highest BCUT2D eigenvalue weighted by molar-refractivity contribution is 7.13. The third kappa shape index (κ3) is 3.84. The van der Waals surface area contributed by atoms with Crippen LogP contribution in [0.4, 0.5) is 0 Å². The van der Waals surface area contributed by atoms with Gasteiger partial charge in [-0.3, -0.25) is 9.59 Å². The minimum Gasteiger partial charge on any atom is -0.466 e. The average Bonchev–Trinajstić information content (AvgIpc) is 3.42. The van der Waals surface area contributed by atoms with Crippen molar-refractivity contribution < 1.29 is 14.3 Å². The largest absolute Gasteiger partial charge is 0.466 e. The van der Waals surface area contributed by atoms with Crippen molar-refractivity contribution in [1.82, 2.24) is 19.7 Å². The van der Waals surface area contributed by atoms with Gasteiger partial charge in [0.15, 0.2) is 5.65 Å². The number of aromatic nitrogens is 3. The summed E-state index contributed by atoms with van der Waals surface area (Å²) in [4.78, 5) is 33.2. The molecule has 7 nitrogen and oxygen atoms in total. The first-order valence-corrected chi connectivity index (χ1v) is 11.3. The molecule has 8 heteroatoms. The molecule has 0 radical (unpaired) electrons. The molecule has 1 saturated heterocycles. The molecule has 0 aromatic carbocycles. The first-order chi connectivity index (χ1) is 14.5. The lowest BCUT2D eigenvalue weighted by Gasteiger charge is -2.31. The lowest BCUT2D eigenvalue weighted by atomic mass is 9.96. The van der Waals surface area contributed by atoms with E-state index in [1.165, 1.54) is 0 Å². The van der Waals surface area contributed by atoms with Crippen LogP contribution in [0, 0.1) is 5.92 Å². The number of hydrogen-bond acceptors (Lipinski definition) is 6. The molecule has 0 aliphatic carbocycles. The highest BCUT2D eigenvalue weighted by Crippen LogP contribution is 2.30. The molecule has 1 aliphatic heterocycles. The molecule has 0 spiro atoms. The van der Waals surface area contributed by atoms with Gasteiger partial charge < -0.3 is 9.64 Å². The van der Waals surface area contributed by atoms with E-state index in [1.807, 2.05) is 53.9 Å². The van der Waals surface area contributed by atoms with Crippen LogP contribution in [-0.4, -0.2) is 51.2 Å². The second kappa shape index (κ2) is 8.55. The lowest BCUT2D eigenvalue weighted by molar-refractivity contribution is -0.149. The summed E-state index contributed by atoms with van der Waals surface area (Å²) in [5.74, 6) is -0.322. The highest BCUT2D eigenvalue weighted by Gasteiger charge is 2.30. The quantitative estimate of drug-likeness (QED) is 0.573. The van der Waals surface area contributed by atoms with E-state index >= 15 is 0 Å². The summed E-state index contributed by atoms with van der Waals surface area (Å²) in [6.07, 6.45) is 2.99. The molecule has 4 rings (SSSR count). The summed E-state index contributed by atoms with van der Waals surface area (Å²) in [5.41, 5.74) is 2.12. The molecule has 0 N–H and O–H groups in total. The molecule has 3 aromatic rings. The third-order valence-corrected chi connectivity index (χ3v) is 6.35. The van der Waals surface area contributed by atoms with Crippen LogP contribution < -0.4 is 0 Å². The first kappa shape index (κ1) is 20.5. The number of hydrogen-bond donors (Lipinski definition) is 0. The molecule has 0 unspecified atom stereocenters. The van der Waals surface area contributed by atoms with Crippen molar-refractivity contribution in [2.24, 2.45) is 5.92 Å². The van der Waals surface area contributed by atoms with Crippen LogP contribution in [0.2, 0.25) is 0 Å². The molecule has 0 atom stereocenters. The minimum atomic E-state index is -0.158. The van der Waals surface area contributed by atoms with Crippen molar-refractivity contribution in [3.63, 3.8) is 0 Å². The van der Waals surface area contributed by atoms with Gasteiger partial charge in [0.25, 0.3) is 5.91 Å². The van der Waals surface area contributed by atoms with E-state index in [0.29, 0.717) is 38.1 Å². The number of nitrogens with zero attached hydrogens (tertiary/aromatic N) is 4. The number of pyridine rings is 1. The van der Waals surface area contributed by atoms with Crippen LogP contribution in [0.15, 0.2) is 29.8 Å². The topological polar surface area (TPSA) is 77.3 Å². The Kier molecular flexibility index (Phi) is 5.85. The molecule has 1 aliphatic rings. The zero-order valence-electron chi connectivity index (χ0n) is 17.5. The molecule has 4 heterocycles. The Hall–Kier alpha value is -2.74. The molecule has 158 valence electrons. The van der Waals surface area contributed by atoms with Crippen LogP contribution in [-0.2, 0) is 9.53 Å². The number of thiophene rings is 1. The number of amides is 1. The number of rotatable bonds is 5. The average molecular weight is 427 g/mol. The number of esters is 1. The fraction of sp³-hybridized carbons (Fsp3) is 0.455. The van der Waals surface area contributed by atoms with Gasteiger partial charge in [-0.15, -0.1) is 11.3 Å². The Balaban J connectivity index is 1.66. The van der Waals surface area contributed by atoms with Gasteiger partial charge in [-0.05, 0) is 51.1 Å². The molecule has 0 bridgehead atoms. The maximum Gasteiger partial charge on any atom is 0.309 e. The predicted molar refractivity (Wildman–Crippen MR) is 116 cm³/mol. The Labute approximate surface area is 179 Å². The van der Waals surface area contributed by atoms with E-state index in [2.05, 4.69) is 5.10 Å². The zero-order valence-corrected chi connectivity index (χ0v) is 18.3. The van der Waals surface area contributed by atoms with E-state index < -0.39 is 0 Å². The fourth-order valence-corrected chi connectivity index (χ4v) is 4.56. The van der Waals surface area contributed by atoms with Crippen molar-refractivity contribution in [2.75, 3.05) is 19.7 Å². The van der Waals surface area contributed by atoms with Crippen molar-refractivity contribution in [3.8, 4) is 10.6 Å². The summed E-state index contributed by atoms with van der Waals surface area (Å²) in [7, 11) is 0. The highest BCUT2D eigenvalue weighted by atomic mass is 32.1. The van der Waals surface area contributed by atoms with E-state index in [1.54, 1.807) is 17.5 Å². The Morgan fingerprint density at radius 2 is 2.07 bits per heavy atom. The Morgan fingerprint density at radius 3 is 2.70 bits per heavy atom. The van der Waals surface area contributed by atoms with Crippen LogP contribution >= 0.6 is 11.3 Å². The predicted octanol–water partition coefficient (Wildman–Crippen LogP) is 4.16. The van der Waals surface area contributed by atoms with Crippen LogP contribution in [0.25, 0.3) is 21.6 Å². The van der Waals surface area contributed by atoms with Gasteiger partial charge in [0, 0.05) is 19.1 Å². The second-order valence-corrected chi connectivity index (χ2v) is 8.72. The fourth-order valence-electron chi connectivity index (χ4n) is 3.87. The summed E-state index contributed by atoms with van der Waals surface area (Å²) in [6.45, 7) is 7.38. The summed E-state index contributed by atoms with van der Waals surface area (Å²) < 4.78 is 7.00. The van der Waals surface area contributed by atoms with E-state index in [-0.39, 0.29) is 23.8 Å². The Morgan fingerprint density at radius 1 is 1.30 bits per heavy atom. The normalized spacial score (nSPS) is 15.1. The van der Waals surface area contributed by atoms with Crippen molar-refractivity contribution >= 4 is 34.2 Å². The number of piperidine rings is 1. The summed E-state index contributed by atoms with van der Waals surface area (Å²) in [6, 6.07) is 6.00. The molecule has 1 amide bonds. The number of carbonyl (C=O) groups excluding carboxylic acids is 2. The van der Waals surface area contributed by atoms with Gasteiger partial charge in [0.1, 0.15) is 0 Å². The van der Waals surface area contributed by atoms with Gasteiger partial charge in [-0.25, -0.2) is 9.67 Å². The SMILES string of the molecule is CCOC(=O)C1CCN(C(=O)c2cc(-c3cccs3)nc3c2cnn3C(C)C)CC1. The zero-order chi connectivity index (χ0) is 21.3. The van der Waals surface area contributed by atoms with Crippen molar-refractivity contribution in [3.05, 3.63) is 35.3 Å². The summed E-state index contributed by atoms with van der Waals surface area (Å²) >= 11 is 1.60.